The quantitative estimate of drug-likeness (QED) is 0.645. The number of carbonyl (C=O) groups excluding carboxylic acids is 3. The highest BCUT2D eigenvalue weighted by Gasteiger charge is 2.38. The fraction of sp³-hybridized carbons (Fsp3) is 0.217. The minimum atomic E-state index is -0.671. The van der Waals surface area contributed by atoms with Crippen LogP contribution in [0.25, 0.3) is 5.65 Å². The van der Waals surface area contributed by atoms with Gasteiger partial charge in [0.1, 0.15) is 11.7 Å². The van der Waals surface area contributed by atoms with Crippen molar-refractivity contribution in [2.75, 3.05) is 23.3 Å². The molecule has 0 saturated carbocycles. The second-order valence-electron chi connectivity index (χ2n) is 7.39. The molecule has 3 amide bonds. The van der Waals surface area contributed by atoms with Crippen molar-refractivity contribution in [2.24, 2.45) is 0 Å². The molecule has 1 atom stereocenters. The number of fused-ring (bicyclic) bond motifs is 1. The fourth-order valence-electron chi connectivity index (χ4n) is 3.79. The summed E-state index contributed by atoms with van der Waals surface area (Å²) < 4.78 is 1.86. The van der Waals surface area contributed by atoms with E-state index in [4.69, 9.17) is 0 Å². The molecule has 3 aromatic rings. The molecule has 158 valence electrons. The van der Waals surface area contributed by atoms with Crippen molar-refractivity contribution in [2.45, 2.75) is 19.4 Å². The van der Waals surface area contributed by atoms with Crippen LogP contribution in [0.4, 0.5) is 11.5 Å². The SMILES string of the molecule is C=CC(=O)N1CCN(c2cn3ccccc3n2)C(=O)C1Cc1ccc(NC(C)=O)cc1. The molecule has 8 nitrogen and oxygen atoms in total. The third-order valence-electron chi connectivity index (χ3n) is 5.28. The molecule has 2 aromatic heterocycles. The Kier molecular flexibility index (Phi) is 5.53. The van der Waals surface area contributed by atoms with E-state index in [1.54, 1.807) is 21.9 Å². The van der Waals surface area contributed by atoms with E-state index < -0.39 is 6.04 Å². The van der Waals surface area contributed by atoms with Crippen LogP contribution in [0.2, 0.25) is 0 Å². The molecule has 1 unspecified atom stereocenters. The van der Waals surface area contributed by atoms with Crippen molar-refractivity contribution < 1.29 is 14.4 Å². The molecule has 3 heterocycles. The molecule has 31 heavy (non-hydrogen) atoms. The van der Waals surface area contributed by atoms with Gasteiger partial charge in [-0.25, -0.2) is 4.98 Å². The van der Waals surface area contributed by atoms with E-state index in [1.807, 2.05) is 47.1 Å². The van der Waals surface area contributed by atoms with Gasteiger partial charge in [-0.15, -0.1) is 0 Å². The zero-order chi connectivity index (χ0) is 22.0. The van der Waals surface area contributed by atoms with Gasteiger partial charge in [0, 0.05) is 38.3 Å². The van der Waals surface area contributed by atoms with Crippen LogP contribution < -0.4 is 10.2 Å². The standard InChI is InChI=1S/C23H23N5O3/c1-3-22(30)27-12-13-28(21-15-26-11-5-4-6-20(26)25-21)23(31)19(27)14-17-7-9-18(10-8-17)24-16(2)29/h3-11,15,19H,1,12-14H2,2H3,(H,24,29). The van der Waals surface area contributed by atoms with Crippen LogP contribution in [0.3, 0.4) is 0 Å². The summed E-state index contributed by atoms with van der Waals surface area (Å²) >= 11 is 0. The van der Waals surface area contributed by atoms with Crippen LogP contribution in [-0.4, -0.2) is 51.1 Å². The van der Waals surface area contributed by atoms with Gasteiger partial charge >= 0.3 is 0 Å². The van der Waals surface area contributed by atoms with Crippen LogP contribution >= 0.6 is 0 Å². The number of nitrogens with zero attached hydrogens (tertiary/aromatic N) is 4. The molecule has 0 radical (unpaired) electrons. The van der Waals surface area contributed by atoms with Crippen molar-refractivity contribution in [1.82, 2.24) is 14.3 Å². The third kappa shape index (κ3) is 4.18. The normalized spacial score (nSPS) is 16.4. The van der Waals surface area contributed by atoms with Crippen LogP contribution in [0.5, 0.6) is 0 Å². The first-order valence-electron chi connectivity index (χ1n) is 10.0. The fourth-order valence-corrected chi connectivity index (χ4v) is 3.79. The number of pyridine rings is 1. The molecule has 1 N–H and O–H groups in total. The maximum atomic E-state index is 13.4. The van der Waals surface area contributed by atoms with Crippen molar-refractivity contribution in [3.8, 4) is 0 Å². The largest absolute Gasteiger partial charge is 0.326 e. The number of anilines is 2. The number of nitrogens with one attached hydrogen (secondary N) is 1. The van der Waals surface area contributed by atoms with Gasteiger partial charge in [0.15, 0.2) is 5.82 Å². The Morgan fingerprint density at radius 2 is 1.97 bits per heavy atom. The molecular formula is C23H23N5O3. The van der Waals surface area contributed by atoms with E-state index in [1.165, 1.54) is 13.0 Å². The van der Waals surface area contributed by atoms with E-state index in [0.717, 1.165) is 11.2 Å². The summed E-state index contributed by atoms with van der Waals surface area (Å²) in [6.07, 6.45) is 5.28. The topological polar surface area (TPSA) is 87.0 Å². The van der Waals surface area contributed by atoms with Gasteiger partial charge in [-0.1, -0.05) is 24.8 Å². The van der Waals surface area contributed by atoms with Gasteiger partial charge in [-0.2, -0.15) is 0 Å². The molecular weight excluding hydrogens is 394 g/mol. The average molecular weight is 417 g/mol. The number of rotatable bonds is 5. The number of amides is 3. The second kappa shape index (κ2) is 8.43. The molecule has 1 saturated heterocycles. The molecule has 1 aliphatic rings. The summed E-state index contributed by atoms with van der Waals surface area (Å²) in [5.74, 6) is -0.0485. The van der Waals surface area contributed by atoms with Gasteiger partial charge in [-0.3, -0.25) is 19.3 Å². The van der Waals surface area contributed by atoms with E-state index in [9.17, 15) is 14.4 Å². The molecule has 0 aliphatic carbocycles. The summed E-state index contributed by atoms with van der Waals surface area (Å²) in [5.41, 5.74) is 2.31. The number of imidazole rings is 1. The van der Waals surface area contributed by atoms with Gasteiger partial charge in [0.2, 0.25) is 11.8 Å². The molecule has 0 spiro atoms. The minimum absolute atomic E-state index is 0.152. The zero-order valence-corrected chi connectivity index (χ0v) is 17.2. The summed E-state index contributed by atoms with van der Waals surface area (Å²) in [5, 5.41) is 2.72. The lowest BCUT2D eigenvalue weighted by Gasteiger charge is -2.39. The van der Waals surface area contributed by atoms with Crippen LogP contribution in [-0.2, 0) is 20.8 Å². The Morgan fingerprint density at radius 3 is 2.65 bits per heavy atom. The molecule has 1 fully saturated rings. The molecule has 1 aromatic carbocycles. The Bertz CT molecular complexity index is 1120. The van der Waals surface area contributed by atoms with Crippen molar-refractivity contribution in [3.05, 3.63) is 73.1 Å². The van der Waals surface area contributed by atoms with E-state index in [-0.39, 0.29) is 17.7 Å². The summed E-state index contributed by atoms with van der Waals surface area (Å²) in [4.78, 5) is 44.9. The Balaban J connectivity index is 1.60. The highest BCUT2D eigenvalue weighted by atomic mass is 16.2. The van der Waals surface area contributed by atoms with Crippen LogP contribution in [0.15, 0.2) is 67.5 Å². The van der Waals surface area contributed by atoms with Gasteiger partial charge in [0.05, 0.1) is 6.20 Å². The molecule has 4 rings (SSSR count). The summed E-state index contributed by atoms with van der Waals surface area (Å²) in [7, 11) is 0. The first-order chi connectivity index (χ1) is 15.0. The average Bonchev–Trinajstić information content (AvgIpc) is 3.19. The Hall–Kier alpha value is -3.94. The van der Waals surface area contributed by atoms with E-state index >= 15 is 0 Å². The predicted molar refractivity (Wildman–Crippen MR) is 118 cm³/mol. The third-order valence-corrected chi connectivity index (χ3v) is 5.28. The van der Waals surface area contributed by atoms with Crippen LogP contribution in [0, 0.1) is 0 Å². The highest BCUT2D eigenvalue weighted by Crippen LogP contribution is 2.23. The lowest BCUT2D eigenvalue weighted by molar-refractivity contribution is -0.138. The van der Waals surface area contributed by atoms with Gasteiger partial charge in [-0.05, 0) is 35.9 Å². The maximum Gasteiger partial charge on any atom is 0.251 e. The lowest BCUT2D eigenvalue weighted by Crippen LogP contribution is -2.59. The molecule has 0 bridgehead atoms. The lowest BCUT2D eigenvalue weighted by atomic mass is 10.0. The molecule has 1 aliphatic heterocycles. The van der Waals surface area contributed by atoms with Crippen molar-refractivity contribution in [1.29, 1.82) is 0 Å². The minimum Gasteiger partial charge on any atom is -0.326 e. The van der Waals surface area contributed by atoms with Crippen LogP contribution in [0.1, 0.15) is 12.5 Å². The summed E-state index contributed by atoms with van der Waals surface area (Å²) in [6.45, 7) is 5.77. The second-order valence-corrected chi connectivity index (χ2v) is 7.39. The first-order valence-corrected chi connectivity index (χ1v) is 10.0. The Morgan fingerprint density at radius 1 is 1.19 bits per heavy atom. The number of benzene rings is 1. The van der Waals surface area contributed by atoms with Gasteiger partial charge < -0.3 is 14.6 Å². The Labute approximate surface area is 179 Å². The number of piperazine rings is 1. The van der Waals surface area contributed by atoms with E-state index in [2.05, 4.69) is 16.9 Å². The zero-order valence-electron chi connectivity index (χ0n) is 17.2. The number of carbonyl (C=O) groups is 3. The van der Waals surface area contributed by atoms with Crippen molar-refractivity contribution in [3.63, 3.8) is 0 Å². The highest BCUT2D eigenvalue weighted by molar-refractivity contribution is 6.01. The summed E-state index contributed by atoms with van der Waals surface area (Å²) in [6, 6.07) is 12.2. The monoisotopic (exact) mass is 417 g/mol. The smallest absolute Gasteiger partial charge is 0.251 e. The maximum absolute atomic E-state index is 13.4. The van der Waals surface area contributed by atoms with Crippen molar-refractivity contribution >= 4 is 34.9 Å². The van der Waals surface area contributed by atoms with Gasteiger partial charge in [0.25, 0.3) is 5.91 Å². The number of hydrogen-bond donors (Lipinski definition) is 1. The predicted octanol–water partition coefficient (Wildman–Crippen LogP) is 2.27. The number of hydrogen-bond acceptors (Lipinski definition) is 4. The number of aromatic nitrogens is 2. The molecule has 8 heteroatoms. The first kappa shape index (κ1) is 20.3. The van der Waals surface area contributed by atoms with E-state index in [0.29, 0.717) is 31.0 Å².